The van der Waals surface area contributed by atoms with E-state index in [-0.39, 0.29) is 0 Å². The molecule has 4 rings (SSSR count). The van der Waals surface area contributed by atoms with Gasteiger partial charge < -0.3 is 4.98 Å². The molecule has 0 fully saturated rings. The molecule has 1 aromatic heterocycles. The van der Waals surface area contributed by atoms with Gasteiger partial charge in [0.2, 0.25) is 0 Å². The third-order valence-electron chi connectivity index (χ3n) is 3.65. The molecule has 0 saturated heterocycles. The Morgan fingerprint density at radius 3 is 2.58 bits per heavy atom. The maximum absolute atomic E-state index is 3.24. The number of H-pyrrole nitrogens is 1. The minimum absolute atomic E-state index is 1.18. The summed E-state index contributed by atoms with van der Waals surface area (Å²) < 4.78 is 0. The standard InChI is InChI=1S/C18H13N/c1-2-6-16-13(4-1)5-3-7-17(16)14-8-9-18-15(12-14)10-11-19-18/h1-12,19H. The summed E-state index contributed by atoms with van der Waals surface area (Å²) in [5.74, 6) is 0. The smallest absolute Gasteiger partial charge is 0.0454 e. The largest absolute Gasteiger partial charge is 0.361 e. The summed E-state index contributed by atoms with van der Waals surface area (Å²) in [7, 11) is 0. The van der Waals surface area contributed by atoms with Crippen molar-refractivity contribution in [2.24, 2.45) is 0 Å². The Morgan fingerprint density at radius 2 is 1.58 bits per heavy atom. The average molecular weight is 243 g/mol. The predicted molar refractivity (Wildman–Crippen MR) is 81.2 cm³/mol. The molecular formula is C18H13N. The van der Waals surface area contributed by atoms with Gasteiger partial charge >= 0.3 is 0 Å². The van der Waals surface area contributed by atoms with Crippen molar-refractivity contribution >= 4 is 21.7 Å². The lowest BCUT2D eigenvalue weighted by atomic mass is 9.97. The summed E-state index contributed by atoms with van der Waals surface area (Å²) in [6, 6.07) is 23.7. The van der Waals surface area contributed by atoms with Crippen molar-refractivity contribution in [1.29, 1.82) is 0 Å². The van der Waals surface area contributed by atoms with Crippen LogP contribution < -0.4 is 0 Å². The molecular weight excluding hydrogens is 230 g/mol. The third-order valence-corrected chi connectivity index (χ3v) is 3.65. The Hall–Kier alpha value is -2.54. The zero-order valence-electron chi connectivity index (χ0n) is 10.4. The van der Waals surface area contributed by atoms with Crippen molar-refractivity contribution in [3.8, 4) is 11.1 Å². The number of benzene rings is 3. The number of fused-ring (bicyclic) bond motifs is 2. The summed E-state index contributed by atoms with van der Waals surface area (Å²) in [5.41, 5.74) is 3.74. The van der Waals surface area contributed by atoms with Gasteiger partial charge in [-0.25, -0.2) is 0 Å². The highest BCUT2D eigenvalue weighted by molar-refractivity contribution is 5.98. The molecule has 3 aromatic carbocycles. The van der Waals surface area contributed by atoms with Crippen LogP contribution in [0.1, 0.15) is 0 Å². The molecule has 0 aliphatic heterocycles. The monoisotopic (exact) mass is 243 g/mol. The third kappa shape index (κ3) is 1.63. The molecule has 1 heteroatoms. The maximum atomic E-state index is 3.24. The number of hydrogen-bond acceptors (Lipinski definition) is 0. The number of nitrogens with one attached hydrogen (secondary N) is 1. The number of aromatic nitrogens is 1. The van der Waals surface area contributed by atoms with Gasteiger partial charge in [-0.1, -0.05) is 48.5 Å². The average Bonchev–Trinajstić information content (AvgIpc) is 2.94. The molecule has 1 nitrogen and oxygen atoms in total. The van der Waals surface area contributed by atoms with Crippen LogP contribution in [0.3, 0.4) is 0 Å². The van der Waals surface area contributed by atoms with E-state index in [9.17, 15) is 0 Å². The van der Waals surface area contributed by atoms with Crippen molar-refractivity contribution < 1.29 is 0 Å². The van der Waals surface area contributed by atoms with Gasteiger partial charge in [-0.3, -0.25) is 0 Å². The fraction of sp³-hybridized carbons (Fsp3) is 0. The quantitative estimate of drug-likeness (QED) is 0.485. The number of aromatic amines is 1. The van der Waals surface area contributed by atoms with E-state index in [1.165, 1.54) is 32.8 Å². The lowest BCUT2D eigenvalue weighted by Crippen LogP contribution is -1.81. The minimum atomic E-state index is 1.18. The lowest BCUT2D eigenvalue weighted by Gasteiger charge is -2.07. The normalized spacial score (nSPS) is 11.2. The van der Waals surface area contributed by atoms with E-state index in [1.54, 1.807) is 0 Å². The summed E-state index contributed by atoms with van der Waals surface area (Å²) >= 11 is 0. The molecule has 0 aliphatic rings. The van der Waals surface area contributed by atoms with Crippen LogP contribution in [0.25, 0.3) is 32.8 Å². The Kier molecular flexibility index (Phi) is 2.18. The van der Waals surface area contributed by atoms with Gasteiger partial charge in [0.15, 0.2) is 0 Å². The van der Waals surface area contributed by atoms with Crippen molar-refractivity contribution in [3.05, 3.63) is 72.9 Å². The SMILES string of the molecule is c1ccc2c(-c3ccc4[nH]ccc4c3)cccc2c1. The highest BCUT2D eigenvalue weighted by Crippen LogP contribution is 2.30. The van der Waals surface area contributed by atoms with Crippen LogP contribution in [0.4, 0.5) is 0 Å². The van der Waals surface area contributed by atoms with Gasteiger partial charge in [0.25, 0.3) is 0 Å². The Bertz CT molecular complexity index is 866. The molecule has 4 aromatic rings. The fourth-order valence-corrected chi connectivity index (χ4v) is 2.70. The lowest BCUT2D eigenvalue weighted by molar-refractivity contribution is 1.48. The highest BCUT2D eigenvalue weighted by Gasteiger charge is 2.04. The molecule has 0 unspecified atom stereocenters. The van der Waals surface area contributed by atoms with E-state index in [0.29, 0.717) is 0 Å². The van der Waals surface area contributed by atoms with Gasteiger partial charge in [0, 0.05) is 11.7 Å². The molecule has 90 valence electrons. The van der Waals surface area contributed by atoms with Crippen LogP contribution in [0.2, 0.25) is 0 Å². The number of rotatable bonds is 1. The Labute approximate surface area is 111 Å². The van der Waals surface area contributed by atoms with Crippen LogP contribution in [0.5, 0.6) is 0 Å². The van der Waals surface area contributed by atoms with Crippen LogP contribution in [-0.2, 0) is 0 Å². The van der Waals surface area contributed by atoms with Crippen molar-refractivity contribution in [2.45, 2.75) is 0 Å². The maximum Gasteiger partial charge on any atom is 0.0454 e. The van der Waals surface area contributed by atoms with E-state index in [0.717, 1.165) is 0 Å². The molecule has 1 N–H and O–H groups in total. The van der Waals surface area contributed by atoms with E-state index >= 15 is 0 Å². The Morgan fingerprint density at radius 1 is 0.684 bits per heavy atom. The second kappa shape index (κ2) is 3.99. The predicted octanol–water partition coefficient (Wildman–Crippen LogP) is 4.99. The minimum Gasteiger partial charge on any atom is -0.361 e. The highest BCUT2D eigenvalue weighted by atomic mass is 14.7. The molecule has 0 bridgehead atoms. The first kappa shape index (κ1) is 10.4. The summed E-state index contributed by atoms with van der Waals surface area (Å²) in [5, 5.41) is 3.85. The van der Waals surface area contributed by atoms with Crippen molar-refractivity contribution in [2.75, 3.05) is 0 Å². The molecule has 0 atom stereocenters. The van der Waals surface area contributed by atoms with E-state index in [4.69, 9.17) is 0 Å². The molecule has 0 aliphatic carbocycles. The molecule has 1 heterocycles. The van der Waals surface area contributed by atoms with Crippen LogP contribution >= 0.6 is 0 Å². The van der Waals surface area contributed by atoms with Gasteiger partial charge in [-0.2, -0.15) is 0 Å². The summed E-state index contributed by atoms with van der Waals surface area (Å²) in [4.78, 5) is 3.24. The van der Waals surface area contributed by atoms with Gasteiger partial charge in [0.1, 0.15) is 0 Å². The summed E-state index contributed by atoms with van der Waals surface area (Å²) in [6.07, 6.45) is 1.98. The number of hydrogen-bond donors (Lipinski definition) is 1. The van der Waals surface area contributed by atoms with E-state index < -0.39 is 0 Å². The first-order valence-corrected chi connectivity index (χ1v) is 6.47. The molecule has 0 radical (unpaired) electrons. The van der Waals surface area contributed by atoms with Gasteiger partial charge in [-0.15, -0.1) is 0 Å². The first-order valence-electron chi connectivity index (χ1n) is 6.47. The second-order valence-electron chi connectivity index (χ2n) is 4.81. The second-order valence-corrected chi connectivity index (χ2v) is 4.81. The van der Waals surface area contributed by atoms with Crippen LogP contribution in [0.15, 0.2) is 72.9 Å². The molecule has 0 spiro atoms. The van der Waals surface area contributed by atoms with Crippen molar-refractivity contribution in [1.82, 2.24) is 4.98 Å². The molecule has 19 heavy (non-hydrogen) atoms. The molecule has 0 saturated carbocycles. The zero-order valence-corrected chi connectivity index (χ0v) is 10.4. The van der Waals surface area contributed by atoms with Gasteiger partial charge in [0.05, 0.1) is 0 Å². The molecule has 0 amide bonds. The summed E-state index contributed by atoms with van der Waals surface area (Å²) in [6.45, 7) is 0. The topological polar surface area (TPSA) is 15.8 Å². The van der Waals surface area contributed by atoms with Crippen LogP contribution in [0, 0.1) is 0 Å². The Balaban J connectivity index is 2.03. The zero-order chi connectivity index (χ0) is 12.7. The van der Waals surface area contributed by atoms with E-state index in [2.05, 4.69) is 71.7 Å². The van der Waals surface area contributed by atoms with E-state index in [1.807, 2.05) is 6.20 Å². The fourth-order valence-electron chi connectivity index (χ4n) is 2.70. The van der Waals surface area contributed by atoms with Crippen molar-refractivity contribution in [3.63, 3.8) is 0 Å². The van der Waals surface area contributed by atoms with Gasteiger partial charge in [-0.05, 0) is 45.5 Å². The first-order chi connectivity index (χ1) is 9.42. The van der Waals surface area contributed by atoms with Crippen LogP contribution in [-0.4, -0.2) is 4.98 Å².